The topological polar surface area (TPSA) is 47.4 Å². The van der Waals surface area contributed by atoms with Gasteiger partial charge in [-0.25, -0.2) is 9.18 Å². The molecule has 3 aromatic rings. The second kappa shape index (κ2) is 7.59. The van der Waals surface area contributed by atoms with Crippen LogP contribution in [0.15, 0.2) is 60.9 Å². The molecule has 2 aliphatic rings. The van der Waals surface area contributed by atoms with E-state index in [2.05, 4.69) is 35.3 Å². The molecule has 0 N–H and O–H groups in total. The van der Waals surface area contributed by atoms with Gasteiger partial charge in [-0.1, -0.05) is 54.5 Å². The van der Waals surface area contributed by atoms with Crippen molar-refractivity contribution in [2.75, 3.05) is 19.7 Å². The number of fused-ring (bicyclic) bond motifs is 3. The van der Waals surface area contributed by atoms with Crippen LogP contribution in [0.25, 0.3) is 11.1 Å². The smallest absolute Gasteiger partial charge is 0.409 e. The molecule has 5 nitrogen and oxygen atoms in total. The van der Waals surface area contributed by atoms with Crippen LogP contribution in [-0.2, 0) is 10.3 Å². The minimum absolute atomic E-state index is 0.0259. The number of aromatic nitrogens is 2. The van der Waals surface area contributed by atoms with Gasteiger partial charge in [-0.2, -0.15) is 5.10 Å². The molecule has 0 unspecified atom stereocenters. The summed E-state index contributed by atoms with van der Waals surface area (Å²) in [6, 6.07) is 16.5. The van der Waals surface area contributed by atoms with Crippen molar-refractivity contribution in [3.63, 3.8) is 0 Å². The zero-order valence-corrected chi connectivity index (χ0v) is 17.0. The Kier molecular flexibility index (Phi) is 4.74. The molecule has 1 aliphatic carbocycles. The van der Waals surface area contributed by atoms with Crippen molar-refractivity contribution >= 4 is 6.09 Å². The summed E-state index contributed by atoms with van der Waals surface area (Å²) in [5.74, 6) is 2.36. The lowest BCUT2D eigenvalue weighted by molar-refractivity contribution is 0.0764. The number of amides is 1. The maximum Gasteiger partial charge on any atom is 0.409 e. The summed E-state index contributed by atoms with van der Waals surface area (Å²) in [6.07, 6.45) is 8.86. The van der Waals surface area contributed by atoms with Crippen molar-refractivity contribution in [1.29, 1.82) is 0 Å². The van der Waals surface area contributed by atoms with Crippen LogP contribution in [0.4, 0.5) is 9.18 Å². The second-order valence-electron chi connectivity index (χ2n) is 8.07. The molecule has 1 saturated heterocycles. The van der Waals surface area contributed by atoms with E-state index in [-0.39, 0.29) is 18.6 Å². The van der Waals surface area contributed by atoms with Gasteiger partial charge in [0.05, 0.1) is 12.4 Å². The van der Waals surface area contributed by atoms with Crippen LogP contribution < -0.4 is 0 Å². The number of hydrogen-bond acceptors (Lipinski definition) is 3. The number of rotatable bonds is 3. The first kappa shape index (κ1) is 19.4. The third-order valence-corrected chi connectivity index (χ3v) is 6.44. The first-order valence-corrected chi connectivity index (χ1v) is 10.4. The van der Waals surface area contributed by atoms with E-state index >= 15 is 0 Å². The SMILES string of the molecule is C#CC1(n2cc(F)cn2)CCN(C(=O)OCC2c3ccccc3-c3ccccc32)CC1. The maximum absolute atomic E-state index is 13.4. The first-order chi connectivity index (χ1) is 15.1. The predicted molar refractivity (Wildman–Crippen MR) is 115 cm³/mol. The van der Waals surface area contributed by atoms with Gasteiger partial charge in [0.1, 0.15) is 12.1 Å². The summed E-state index contributed by atoms with van der Waals surface area (Å²) in [5.41, 5.74) is 4.04. The lowest BCUT2D eigenvalue weighted by Crippen LogP contribution is -2.48. The summed E-state index contributed by atoms with van der Waals surface area (Å²) < 4.78 is 20.7. The highest BCUT2D eigenvalue weighted by atomic mass is 19.1. The molecule has 0 atom stereocenters. The van der Waals surface area contributed by atoms with Crippen molar-refractivity contribution < 1.29 is 13.9 Å². The Morgan fingerprint density at radius 2 is 1.74 bits per heavy atom. The molecule has 2 aromatic carbocycles. The summed E-state index contributed by atoms with van der Waals surface area (Å²) in [4.78, 5) is 14.5. The monoisotopic (exact) mass is 415 g/mol. The fourth-order valence-electron chi connectivity index (χ4n) is 4.72. The quantitative estimate of drug-likeness (QED) is 0.596. The number of carbonyl (C=O) groups is 1. The highest BCUT2D eigenvalue weighted by Crippen LogP contribution is 2.44. The fraction of sp³-hybridized carbons (Fsp3) is 0.280. The second-order valence-corrected chi connectivity index (χ2v) is 8.07. The Morgan fingerprint density at radius 3 is 2.29 bits per heavy atom. The van der Waals surface area contributed by atoms with E-state index in [1.165, 1.54) is 33.1 Å². The molecule has 6 heteroatoms. The normalized spacial score (nSPS) is 17.0. The van der Waals surface area contributed by atoms with E-state index in [1.54, 1.807) is 4.90 Å². The van der Waals surface area contributed by atoms with Gasteiger partial charge in [-0.05, 0) is 22.3 Å². The van der Waals surface area contributed by atoms with Gasteiger partial charge in [-0.15, -0.1) is 6.42 Å². The Hall–Kier alpha value is -3.59. The molecule has 0 saturated carbocycles. The average Bonchev–Trinajstić information content (AvgIpc) is 3.39. The van der Waals surface area contributed by atoms with Gasteiger partial charge in [0.25, 0.3) is 0 Å². The van der Waals surface area contributed by atoms with Crippen LogP contribution in [0.1, 0.15) is 29.9 Å². The van der Waals surface area contributed by atoms with E-state index in [4.69, 9.17) is 11.2 Å². The van der Waals surface area contributed by atoms with Crippen LogP contribution in [0.5, 0.6) is 0 Å². The van der Waals surface area contributed by atoms with Crippen LogP contribution in [0, 0.1) is 18.2 Å². The number of piperidine rings is 1. The van der Waals surface area contributed by atoms with Crippen LogP contribution in [0.3, 0.4) is 0 Å². The molecule has 1 amide bonds. The van der Waals surface area contributed by atoms with Crippen LogP contribution in [-0.4, -0.2) is 40.5 Å². The van der Waals surface area contributed by atoms with Gasteiger partial charge in [0, 0.05) is 31.8 Å². The Bertz CT molecular complexity index is 1130. The average molecular weight is 415 g/mol. The zero-order valence-electron chi connectivity index (χ0n) is 17.0. The Morgan fingerprint density at radius 1 is 1.13 bits per heavy atom. The molecule has 2 heterocycles. The molecule has 0 radical (unpaired) electrons. The predicted octanol–water partition coefficient (Wildman–Crippen LogP) is 4.40. The lowest BCUT2D eigenvalue weighted by Gasteiger charge is -2.38. The van der Waals surface area contributed by atoms with Gasteiger partial charge in [0.2, 0.25) is 0 Å². The van der Waals surface area contributed by atoms with Crippen molar-refractivity contribution in [3.05, 3.63) is 77.9 Å². The largest absolute Gasteiger partial charge is 0.448 e. The fourth-order valence-corrected chi connectivity index (χ4v) is 4.72. The number of halogens is 1. The third-order valence-electron chi connectivity index (χ3n) is 6.44. The minimum Gasteiger partial charge on any atom is -0.448 e. The number of terminal acetylenes is 1. The number of nitrogens with zero attached hydrogens (tertiary/aromatic N) is 3. The molecule has 31 heavy (non-hydrogen) atoms. The van der Waals surface area contributed by atoms with Gasteiger partial charge in [-0.3, -0.25) is 4.68 Å². The molecule has 156 valence electrons. The number of benzene rings is 2. The zero-order chi connectivity index (χ0) is 21.4. The van der Waals surface area contributed by atoms with E-state index < -0.39 is 11.4 Å². The first-order valence-electron chi connectivity index (χ1n) is 10.4. The highest BCUT2D eigenvalue weighted by molar-refractivity contribution is 5.79. The van der Waals surface area contributed by atoms with E-state index in [0.29, 0.717) is 25.9 Å². The summed E-state index contributed by atoms with van der Waals surface area (Å²) in [5, 5.41) is 4.05. The molecule has 1 aromatic heterocycles. The summed E-state index contributed by atoms with van der Waals surface area (Å²) in [7, 11) is 0. The maximum atomic E-state index is 13.4. The van der Waals surface area contributed by atoms with Crippen molar-refractivity contribution in [2.45, 2.75) is 24.3 Å². The lowest BCUT2D eigenvalue weighted by atomic mass is 9.88. The van der Waals surface area contributed by atoms with Crippen molar-refractivity contribution in [1.82, 2.24) is 14.7 Å². The molecular weight excluding hydrogens is 393 g/mol. The third kappa shape index (κ3) is 3.27. The van der Waals surface area contributed by atoms with E-state index in [0.717, 1.165) is 6.20 Å². The number of hydrogen-bond donors (Lipinski definition) is 0. The number of ether oxygens (including phenoxy) is 1. The van der Waals surface area contributed by atoms with Crippen molar-refractivity contribution in [3.8, 4) is 23.5 Å². The Balaban J connectivity index is 1.26. The van der Waals surface area contributed by atoms with E-state index in [1.807, 2.05) is 24.3 Å². The van der Waals surface area contributed by atoms with Gasteiger partial charge in [0.15, 0.2) is 5.82 Å². The molecule has 0 spiro atoms. The van der Waals surface area contributed by atoms with E-state index in [9.17, 15) is 9.18 Å². The summed E-state index contributed by atoms with van der Waals surface area (Å²) >= 11 is 0. The highest BCUT2D eigenvalue weighted by Gasteiger charge is 2.38. The summed E-state index contributed by atoms with van der Waals surface area (Å²) in [6.45, 7) is 1.15. The molecular formula is C25H22FN3O2. The van der Waals surface area contributed by atoms with Crippen LogP contribution >= 0.6 is 0 Å². The molecule has 1 aliphatic heterocycles. The molecule has 0 bridgehead atoms. The number of likely N-dealkylation sites (tertiary alicyclic amines) is 1. The molecule has 5 rings (SSSR count). The number of carbonyl (C=O) groups excluding carboxylic acids is 1. The standard InChI is InChI=1S/C25H22FN3O2/c1-2-25(29-16-18(26)15-27-29)11-13-28(14-12-25)24(30)31-17-23-21-9-5-3-7-19(21)20-8-4-6-10-22(20)23/h1,3-10,15-16,23H,11-14,17H2. The Labute approximate surface area is 180 Å². The van der Waals surface area contributed by atoms with Crippen LogP contribution in [0.2, 0.25) is 0 Å². The minimum atomic E-state index is -0.718. The van der Waals surface area contributed by atoms with Gasteiger partial charge < -0.3 is 9.64 Å². The van der Waals surface area contributed by atoms with Crippen molar-refractivity contribution in [2.24, 2.45) is 0 Å². The molecule has 1 fully saturated rings. The van der Waals surface area contributed by atoms with Gasteiger partial charge >= 0.3 is 6.09 Å².